The molecule has 4 rings (SSSR count). The lowest BCUT2D eigenvalue weighted by atomic mass is 9.97. The third-order valence-electron chi connectivity index (χ3n) is 6.60. The molecule has 0 atom stereocenters. The number of ether oxygens (including phenoxy) is 2. The van der Waals surface area contributed by atoms with Gasteiger partial charge in [0.1, 0.15) is 17.3 Å². The Balaban J connectivity index is 1.33. The standard InChI is InChI=1S/C27H30FN3O7S2/c1-37-22-9-12-25(26(17-22)38-2)30-40(35,36)23-10-7-21(8-11-23)29-27(32)19-13-15-31(16-14-19)39(33,34)18-20-5-3-4-6-24(20)28/h3-12,17,19,30H,13-16,18H2,1-2H3,(H,29,32). The highest BCUT2D eigenvalue weighted by Crippen LogP contribution is 2.31. The van der Waals surface area contributed by atoms with Crippen molar-refractivity contribution < 1.29 is 35.5 Å². The molecule has 214 valence electrons. The summed E-state index contributed by atoms with van der Waals surface area (Å²) < 4.78 is 79.4. The predicted octanol–water partition coefficient (Wildman–Crippen LogP) is 3.82. The first kappa shape index (κ1) is 29.3. The van der Waals surface area contributed by atoms with Gasteiger partial charge in [0.2, 0.25) is 15.9 Å². The largest absolute Gasteiger partial charge is 0.497 e. The van der Waals surface area contributed by atoms with E-state index >= 15 is 0 Å². The van der Waals surface area contributed by atoms with Crippen LogP contribution in [-0.2, 0) is 30.6 Å². The highest BCUT2D eigenvalue weighted by Gasteiger charge is 2.31. The van der Waals surface area contributed by atoms with E-state index in [9.17, 15) is 26.0 Å². The normalized spacial score (nSPS) is 14.9. The molecule has 0 unspecified atom stereocenters. The number of amides is 1. The number of carbonyl (C=O) groups excluding carboxylic acids is 1. The molecule has 13 heteroatoms. The fourth-order valence-corrected chi connectivity index (χ4v) is 6.99. The van der Waals surface area contributed by atoms with Crippen molar-refractivity contribution in [2.75, 3.05) is 37.3 Å². The number of benzene rings is 3. The van der Waals surface area contributed by atoms with Gasteiger partial charge in [0.05, 0.1) is 30.6 Å². The molecule has 3 aromatic rings. The van der Waals surface area contributed by atoms with Crippen molar-refractivity contribution in [2.45, 2.75) is 23.5 Å². The first-order valence-electron chi connectivity index (χ1n) is 12.4. The number of nitrogens with one attached hydrogen (secondary N) is 2. The van der Waals surface area contributed by atoms with Crippen LogP contribution in [0.3, 0.4) is 0 Å². The fourth-order valence-electron chi connectivity index (χ4n) is 4.35. The summed E-state index contributed by atoms with van der Waals surface area (Å²) in [5, 5.41) is 2.77. The van der Waals surface area contributed by atoms with Crippen LogP contribution in [0.1, 0.15) is 18.4 Å². The summed E-state index contributed by atoms with van der Waals surface area (Å²) in [4.78, 5) is 12.8. The monoisotopic (exact) mass is 591 g/mol. The Morgan fingerprint density at radius 2 is 1.62 bits per heavy atom. The summed E-state index contributed by atoms with van der Waals surface area (Å²) in [6, 6.07) is 16.1. The highest BCUT2D eigenvalue weighted by molar-refractivity contribution is 7.92. The number of carbonyl (C=O) groups is 1. The number of rotatable bonds is 10. The van der Waals surface area contributed by atoms with E-state index in [1.807, 2.05) is 0 Å². The zero-order valence-corrected chi connectivity index (χ0v) is 23.6. The van der Waals surface area contributed by atoms with E-state index in [1.54, 1.807) is 18.2 Å². The van der Waals surface area contributed by atoms with Crippen molar-refractivity contribution in [3.63, 3.8) is 0 Å². The smallest absolute Gasteiger partial charge is 0.262 e. The van der Waals surface area contributed by atoms with E-state index in [2.05, 4.69) is 10.0 Å². The van der Waals surface area contributed by atoms with Gasteiger partial charge in [-0.15, -0.1) is 0 Å². The molecule has 0 saturated carbocycles. The molecule has 1 heterocycles. The third-order valence-corrected chi connectivity index (χ3v) is 9.81. The first-order valence-corrected chi connectivity index (χ1v) is 15.5. The van der Waals surface area contributed by atoms with Crippen molar-refractivity contribution in [1.82, 2.24) is 4.31 Å². The van der Waals surface area contributed by atoms with Crippen molar-refractivity contribution in [3.8, 4) is 11.5 Å². The van der Waals surface area contributed by atoms with Crippen LogP contribution in [0.25, 0.3) is 0 Å². The molecule has 3 aromatic carbocycles. The zero-order chi connectivity index (χ0) is 28.9. The molecule has 0 aliphatic carbocycles. The van der Waals surface area contributed by atoms with Crippen LogP contribution in [0.4, 0.5) is 15.8 Å². The Labute approximate surface area is 233 Å². The molecule has 1 amide bonds. The Bertz CT molecular complexity index is 1570. The van der Waals surface area contributed by atoms with E-state index in [1.165, 1.54) is 67.1 Å². The van der Waals surface area contributed by atoms with Gasteiger partial charge >= 0.3 is 0 Å². The Hall–Kier alpha value is -3.68. The second-order valence-electron chi connectivity index (χ2n) is 9.21. The molecule has 1 aliphatic heterocycles. The molecule has 1 aliphatic rings. The molecule has 1 saturated heterocycles. The number of sulfonamides is 2. The predicted molar refractivity (Wildman–Crippen MR) is 149 cm³/mol. The minimum absolute atomic E-state index is 0.0169. The maximum Gasteiger partial charge on any atom is 0.262 e. The van der Waals surface area contributed by atoms with Crippen LogP contribution in [0.15, 0.2) is 71.6 Å². The minimum atomic E-state index is -3.95. The number of piperidine rings is 1. The molecule has 1 fully saturated rings. The van der Waals surface area contributed by atoms with Gasteiger partial charge in [-0.3, -0.25) is 9.52 Å². The quantitative estimate of drug-likeness (QED) is 0.367. The van der Waals surface area contributed by atoms with E-state index in [0.29, 0.717) is 24.3 Å². The topological polar surface area (TPSA) is 131 Å². The van der Waals surface area contributed by atoms with Gasteiger partial charge in [0, 0.05) is 36.3 Å². The van der Waals surface area contributed by atoms with Gasteiger partial charge in [-0.1, -0.05) is 18.2 Å². The van der Waals surface area contributed by atoms with E-state index in [-0.39, 0.29) is 40.9 Å². The van der Waals surface area contributed by atoms with Crippen LogP contribution >= 0.6 is 0 Å². The van der Waals surface area contributed by atoms with Gasteiger partial charge in [-0.05, 0) is 55.3 Å². The zero-order valence-electron chi connectivity index (χ0n) is 22.0. The summed E-state index contributed by atoms with van der Waals surface area (Å²) in [5.41, 5.74) is 0.745. The highest BCUT2D eigenvalue weighted by atomic mass is 32.2. The van der Waals surface area contributed by atoms with Crippen LogP contribution in [-0.4, -0.2) is 54.4 Å². The molecular weight excluding hydrogens is 561 g/mol. The van der Waals surface area contributed by atoms with Crippen LogP contribution in [0.2, 0.25) is 0 Å². The molecule has 2 N–H and O–H groups in total. The van der Waals surface area contributed by atoms with Gasteiger partial charge in [-0.25, -0.2) is 25.5 Å². The third kappa shape index (κ3) is 6.90. The number of methoxy groups -OCH3 is 2. The van der Waals surface area contributed by atoms with Gasteiger partial charge in [0.25, 0.3) is 10.0 Å². The summed E-state index contributed by atoms with van der Waals surface area (Å²) in [6.45, 7) is 0.291. The fraction of sp³-hybridized carbons (Fsp3) is 0.296. The van der Waals surface area contributed by atoms with Gasteiger partial charge in [0.15, 0.2) is 0 Å². The Morgan fingerprint density at radius 1 is 0.950 bits per heavy atom. The lowest BCUT2D eigenvalue weighted by Gasteiger charge is -2.30. The summed E-state index contributed by atoms with van der Waals surface area (Å²) in [6.07, 6.45) is 0.616. The lowest BCUT2D eigenvalue weighted by Crippen LogP contribution is -2.42. The maximum atomic E-state index is 13.9. The number of hydrogen-bond donors (Lipinski definition) is 2. The van der Waals surface area contributed by atoms with Gasteiger partial charge < -0.3 is 14.8 Å². The first-order chi connectivity index (χ1) is 19.0. The number of hydrogen-bond acceptors (Lipinski definition) is 7. The van der Waals surface area contributed by atoms with E-state index < -0.39 is 37.5 Å². The van der Waals surface area contributed by atoms with Crippen LogP contribution < -0.4 is 19.5 Å². The molecular formula is C27H30FN3O7S2. The van der Waals surface area contributed by atoms with E-state index in [4.69, 9.17) is 9.47 Å². The molecule has 0 spiro atoms. The van der Waals surface area contributed by atoms with Crippen molar-refractivity contribution >= 4 is 37.3 Å². The van der Waals surface area contributed by atoms with Crippen molar-refractivity contribution in [3.05, 3.63) is 78.1 Å². The summed E-state index contributed by atoms with van der Waals surface area (Å²) in [7, 11) is -4.77. The number of nitrogens with zero attached hydrogens (tertiary/aromatic N) is 1. The molecule has 0 bridgehead atoms. The Kier molecular flexibility index (Phi) is 8.96. The average Bonchev–Trinajstić information content (AvgIpc) is 2.94. The number of halogens is 1. The molecule has 10 nitrogen and oxygen atoms in total. The Morgan fingerprint density at radius 3 is 2.25 bits per heavy atom. The summed E-state index contributed by atoms with van der Waals surface area (Å²) in [5.74, 6) is -0.926. The lowest BCUT2D eigenvalue weighted by molar-refractivity contribution is -0.120. The second kappa shape index (κ2) is 12.2. The van der Waals surface area contributed by atoms with Crippen LogP contribution in [0, 0.1) is 11.7 Å². The maximum absolute atomic E-state index is 13.9. The van der Waals surface area contributed by atoms with Gasteiger partial charge in [-0.2, -0.15) is 0 Å². The summed E-state index contributed by atoms with van der Waals surface area (Å²) >= 11 is 0. The average molecular weight is 592 g/mol. The SMILES string of the molecule is COc1ccc(NS(=O)(=O)c2ccc(NC(=O)C3CCN(S(=O)(=O)Cc4ccccc4F)CC3)cc2)c(OC)c1. The molecule has 40 heavy (non-hydrogen) atoms. The van der Waals surface area contributed by atoms with Crippen molar-refractivity contribution in [1.29, 1.82) is 0 Å². The molecule has 0 radical (unpaired) electrons. The van der Waals surface area contributed by atoms with E-state index in [0.717, 1.165) is 0 Å². The second-order valence-corrected chi connectivity index (χ2v) is 12.9. The van der Waals surface area contributed by atoms with Crippen LogP contribution in [0.5, 0.6) is 11.5 Å². The van der Waals surface area contributed by atoms with Crippen molar-refractivity contribution in [2.24, 2.45) is 5.92 Å². The minimum Gasteiger partial charge on any atom is -0.497 e. The molecule has 0 aromatic heterocycles. The number of anilines is 2.